The van der Waals surface area contributed by atoms with E-state index in [1.54, 1.807) is 6.92 Å². The number of methoxy groups -OCH3 is 1. The van der Waals surface area contributed by atoms with Crippen LogP contribution in [0.5, 0.6) is 0 Å². The number of benzene rings is 1. The third-order valence-electron chi connectivity index (χ3n) is 5.02. The normalized spacial score (nSPS) is 21.5. The van der Waals surface area contributed by atoms with Gasteiger partial charge in [-0.1, -0.05) is 30.3 Å². The summed E-state index contributed by atoms with van der Waals surface area (Å²) in [5, 5.41) is 2.69. The molecule has 0 bridgehead atoms. The maximum Gasteiger partial charge on any atom is 0.413 e. The number of ether oxygens (including phenoxy) is 3. The van der Waals surface area contributed by atoms with E-state index < -0.39 is 42.3 Å². The Morgan fingerprint density at radius 2 is 2.00 bits per heavy atom. The van der Waals surface area contributed by atoms with Crippen molar-refractivity contribution < 1.29 is 33.4 Å². The number of nitrogens with zero attached hydrogens (tertiary/aromatic N) is 1. The molecule has 1 N–H and O–H groups in total. The Bertz CT molecular complexity index is 852. The minimum absolute atomic E-state index is 0.262. The molecule has 2 unspecified atom stereocenters. The molecular weight excluding hydrogens is 392 g/mol. The Morgan fingerprint density at radius 1 is 1.27 bits per heavy atom. The van der Waals surface area contributed by atoms with Crippen LogP contribution in [0.25, 0.3) is 0 Å². The second kappa shape index (κ2) is 9.43. The maximum absolute atomic E-state index is 12.9. The molecule has 2 heterocycles. The van der Waals surface area contributed by atoms with Crippen LogP contribution in [0.1, 0.15) is 25.3 Å². The summed E-state index contributed by atoms with van der Waals surface area (Å²) in [4.78, 5) is 50.2. The topological polar surface area (TPSA) is 111 Å². The smallest absolute Gasteiger partial charge is 0.413 e. The van der Waals surface area contributed by atoms with Crippen LogP contribution in [-0.2, 0) is 35.0 Å². The van der Waals surface area contributed by atoms with Gasteiger partial charge in [-0.25, -0.2) is 14.4 Å². The lowest BCUT2D eigenvalue weighted by molar-refractivity contribution is -0.152. The summed E-state index contributed by atoms with van der Waals surface area (Å²) < 4.78 is 14.9. The van der Waals surface area contributed by atoms with Gasteiger partial charge in [0.05, 0.1) is 7.11 Å². The molecule has 2 aliphatic heterocycles. The summed E-state index contributed by atoms with van der Waals surface area (Å²) in [6.45, 7) is 1.88. The lowest BCUT2D eigenvalue weighted by Gasteiger charge is -2.26. The first kappa shape index (κ1) is 21.4. The molecule has 0 aromatic heterocycles. The number of hydrogen-bond donors (Lipinski definition) is 1. The number of nitrogens with one attached hydrogen (secondary N) is 1. The Hall–Kier alpha value is -3.36. The van der Waals surface area contributed by atoms with E-state index in [1.165, 1.54) is 18.1 Å². The van der Waals surface area contributed by atoms with Crippen molar-refractivity contribution in [3.05, 3.63) is 47.5 Å². The number of esters is 2. The molecule has 0 aliphatic carbocycles. The Balaban J connectivity index is 1.64. The van der Waals surface area contributed by atoms with Crippen LogP contribution >= 0.6 is 0 Å². The highest BCUT2D eigenvalue weighted by Gasteiger charge is 2.38. The number of carbonyl (C=O) groups excluding carboxylic acids is 4. The summed E-state index contributed by atoms with van der Waals surface area (Å²) in [7, 11) is 1.25. The van der Waals surface area contributed by atoms with Crippen molar-refractivity contribution in [1.29, 1.82) is 0 Å². The van der Waals surface area contributed by atoms with Gasteiger partial charge < -0.3 is 19.5 Å². The van der Waals surface area contributed by atoms with Gasteiger partial charge in [-0.3, -0.25) is 9.69 Å². The third-order valence-corrected chi connectivity index (χ3v) is 5.02. The van der Waals surface area contributed by atoms with Crippen molar-refractivity contribution in [2.45, 2.75) is 44.6 Å². The largest absolute Gasteiger partial charge is 0.467 e. The third kappa shape index (κ3) is 4.97. The molecule has 1 saturated heterocycles. The lowest BCUT2D eigenvalue weighted by Crippen LogP contribution is -2.52. The second-order valence-electron chi connectivity index (χ2n) is 7.13. The van der Waals surface area contributed by atoms with E-state index in [-0.39, 0.29) is 6.42 Å². The Labute approximate surface area is 174 Å². The number of rotatable bonds is 6. The SMILES string of the molecule is COC(=O)[C@H](Cc1ccccc1)NC(=O)C1CCCN1C(=O)OC1C=C(C)C(=O)O1. The Kier molecular flexibility index (Phi) is 6.71. The number of amides is 2. The molecule has 9 nitrogen and oxygen atoms in total. The highest BCUT2D eigenvalue weighted by atomic mass is 16.7. The van der Waals surface area contributed by atoms with E-state index in [2.05, 4.69) is 5.32 Å². The number of carbonyl (C=O) groups is 4. The highest BCUT2D eigenvalue weighted by Crippen LogP contribution is 2.22. The molecule has 2 aliphatic rings. The van der Waals surface area contributed by atoms with E-state index in [0.717, 1.165) is 5.56 Å². The van der Waals surface area contributed by atoms with Gasteiger partial charge in [0.2, 0.25) is 5.91 Å². The zero-order valence-corrected chi connectivity index (χ0v) is 16.8. The number of likely N-dealkylation sites (tertiary alicyclic amines) is 1. The van der Waals surface area contributed by atoms with Gasteiger partial charge in [-0.05, 0) is 25.3 Å². The molecule has 3 atom stereocenters. The second-order valence-corrected chi connectivity index (χ2v) is 7.13. The molecule has 0 radical (unpaired) electrons. The predicted octanol–water partition coefficient (Wildman–Crippen LogP) is 1.32. The van der Waals surface area contributed by atoms with Crippen LogP contribution < -0.4 is 5.32 Å². The molecule has 3 rings (SSSR count). The van der Waals surface area contributed by atoms with E-state index in [0.29, 0.717) is 25.0 Å². The van der Waals surface area contributed by atoms with Gasteiger partial charge in [0.1, 0.15) is 12.1 Å². The zero-order valence-electron chi connectivity index (χ0n) is 16.8. The van der Waals surface area contributed by atoms with Crippen LogP contribution in [-0.4, -0.2) is 60.9 Å². The van der Waals surface area contributed by atoms with Crippen molar-refractivity contribution in [1.82, 2.24) is 10.2 Å². The van der Waals surface area contributed by atoms with E-state index in [1.807, 2.05) is 30.3 Å². The fraction of sp³-hybridized carbons (Fsp3) is 0.429. The number of hydrogen-bond acceptors (Lipinski definition) is 7. The quantitative estimate of drug-likeness (QED) is 0.696. The average Bonchev–Trinajstić information content (AvgIpc) is 3.34. The lowest BCUT2D eigenvalue weighted by atomic mass is 10.1. The minimum atomic E-state index is -1.10. The first-order valence-electron chi connectivity index (χ1n) is 9.68. The Morgan fingerprint density at radius 3 is 2.63 bits per heavy atom. The summed E-state index contributed by atoms with van der Waals surface area (Å²) in [6, 6.07) is 7.56. The van der Waals surface area contributed by atoms with Crippen LogP contribution in [0.4, 0.5) is 4.79 Å². The number of cyclic esters (lactones) is 1. The first-order valence-corrected chi connectivity index (χ1v) is 9.68. The maximum atomic E-state index is 12.9. The molecule has 160 valence electrons. The minimum Gasteiger partial charge on any atom is -0.467 e. The molecule has 2 amide bonds. The van der Waals surface area contributed by atoms with E-state index >= 15 is 0 Å². The molecule has 0 saturated carbocycles. The van der Waals surface area contributed by atoms with Gasteiger partial charge in [-0.2, -0.15) is 0 Å². The van der Waals surface area contributed by atoms with Gasteiger partial charge in [-0.15, -0.1) is 0 Å². The van der Waals surface area contributed by atoms with Crippen molar-refractivity contribution >= 4 is 23.9 Å². The highest BCUT2D eigenvalue weighted by molar-refractivity contribution is 5.91. The summed E-state index contributed by atoms with van der Waals surface area (Å²) in [5.41, 5.74) is 1.21. The van der Waals surface area contributed by atoms with Crippen LogP contribution in [0.15, 0.2) is 42.0 Å². The monoisotopic (exact) mass is 416 g/mol. The van der Waals surface area contributed by atoms with Crippen LogP contribution in [0.3, 0.4) is 0 Å². The van der Waals surface area contributed by atoms with Gasteiger partial charge in [0.15, 0.2) is 0 Å². The summed E-state index contributed by atoms with van der Waals surface area (Å²) in [5.74, 6) is -1.59. The van der Waals surface area contributed by atoms with Gasteiger partial charge in [0, 0.05) is 24.6 Å². The van der Waals surface area contributed by atoms with E-state index in [9.17, 15) is 19.2 Å². The van der Waals surface area contributed by atoms with Crippen molar-refractivity contribution in [2.75, 3.05) is 13.7 Å². The van der Waals surface area contributed by atoms with Gasteiger partial charge in [0.25, 0.3) is 6.29 Å². The van der Waals surface area contributed by atoms with E-state index in [4.69, 9.17) is 14.2 Å². The molecule has 1 fully saturated rings. The first-order chi connectivity index (χ1) is 14.4. The van der Waals surface area contributed by atoms with Crippen molar-refractivity contribution in [3.8, 4) is 0 Å². The van der Waals surface area contributed by atoms with Crippen molar-refractivity contribution in [2.24, 2.45) is 0 Å². The fourth-order valence-electron chi connectivity index (χ4n) is 3.44. The molecule has 1 aromatic rings. The standard InChI is InChI=1S/C21H24N2O7/c1-13-11-17(29-19(13)25)30-21(27)23-10-6-9-16(23)18(24)22-15(20(26)28-2)12-14-7-4-3-5-8-14/h3-5,7-8,11,15-17H,6,9-10,12H2,1-2H3,(H,22,24)/t15-,16?,17?/m0/s1. The molecule has 1 aromatic carbocycles. The molecule has 0 spiro atoms. The van der Waals surface area contributed by atoms with Crippen LogP contribution in [0, 0.1) is 0 Å². The molecule has 30 heavy (non-hydrogen) atoms. The average molecular weight is 416 g/mol. The molecule has 9 heteroatoms. The van der Waals surface area contributed by atoms with Crippen LogP contribution in [0.2, 0.25) is 0 Å². The predicted molar refractivity (Wildman–Crippen MR) is 104 cm³/mol. The molecular formula is C21H24N2O7. The summed E-state index contributed by atoms with van der Waals surface area (Å²) >= 11 is 0. The fourth-order valence-corrected chi connectivity index (χ4v) is 3.44. The van der Waals surface area contributed by atoms with Gasteiger partial charge >= 0.3 is 18.0 Å². The zero-order chi connectivity index (χ0) is 21.7. The summed E-state index contributed by atoms with van der Waals surface area (Å²) in [6.07, 6.45) is 0.842. The van der Waals surface area contributed by atoms with Crippen molar-refractivity contribution in [3.63, 3.8) is 0 Å².